The maximum Gasteiger partial charge on any atom is 0.490 e. The summed E-state index contributed by atoms with van der Waals surface area (Å²) in [6, 6.07) is 3.41. The Hall–Kier alpha value is -2.54. The molecule has 2 heterocycles. The van der Waals surface area contributed by atoms with Gasteiger partial charge in [-0.15, -0.1) is 0 Å². The van der Waals surface area contributed by atoms with E-state index in [1.54, 1.807) is 12.1 Å². The number of nitrogens with one attached hydrogen (secondary N) is 2. The molecule has 2 fully saturated rings. The number of carboxylic acid groups (broad SMARTS) is 1. The number of esters is 1. The van der Waals surface area contributed by atoms with Crippen LogP contribution < -0.4 is 20.1 Å². The first-order chi connectivity index (χ1) is 15.4. The van der Waals surface area contributed by atoms with E-state index in [1.165, 1.54) is 14.2 Å². The summed E-state index contributed by atoms with van der Waals surface area (Å²) in [7, 11) is 3.00. The van der Waals surface area contributed by atoms with Gasteiger partial charge in [-0.1, -0.05) is 15.9 Å². The van der Waals surface area contributed by atoms with Crippen molar-refractivity contribution in [3.05, 3.63) is 22.2 Å². The topological polar surface area (TPSA) is 123 Å². The van der Waals surface area contributed by atoms with Crippen LogP contribution in [0.2, 0.25) is 0 Å². The number of amides is 1. The SMILES string of the molecule is COc1cc(Br)cc(OC)c1C(=O)NCC1CC2(CCNCC2)C(=O)O1.O=C(O)C(F)(F)F. The number of cyclic esters (lactones) is 1. The van der Waals surface area contributed by atoms with E-state index in [1.807, 2.05) is 0 Å². The lowest BCUT2D eigenvalue weighted by molar-refractivity contribution is -0.192. The molecule has 13 heteroatoms. The van der Waals surface area contributed by atoms with Crippen LogP contribution >= 0.6 is 15.9 Å². The Bertz CT molecular complexity index is 864. The first-order valence-corrected chi connectivity index (χ1v) is 10.6. The molecule has 1 aromatic rings. The molecule has 0 bridgehead atoms. The third kappa shape index (κ3) is 6.73. The quantitative estimate of drug-likeness (QED) is 0.487. The van der Waals surface area contributed by atoms with E-state index in [-0.39, 0.29) is 24.5 Å². The summed E-state index contributed by atoms with van der Waals surface area (Å²) < 4.78 is 48.6. The fraction of sp³-hybridized carbons (Fsp3) is 0.550. The van der Waals surface area contributed by atoms with Crippen molar-refractivity contribution in [2.75, 3.05) is 33.9 Å². The first-order valence-electron chi connectivity index (χ1n) is 9.85. The van der Waals surface area contributed by atoms with Gasteiger partial charge in [0.1, 0.15) is 23.2 Å². The Kier molecular flexibility index (Phi) is 8.95. The molecule has 2 aliphatic rings. The van der Waals surface area contributed by atoms with Crippen LogP contribution in [0.3, 0.4) is 0 Å². The molecule has 0 aromatic heterocycles. The molecule has 2 aliphatic heterocycles. The number of alkyl halides is 3. The minimum absolute atomic E-state index is 0.142. The van der Waals surface area contributed by atoms with Gasteiger partial charge in [0.15, 0.2) is 0 Å². The predicted molar refractivity (Wildman–Crippen MR) is 112 cm³/mol. The van der Waals surface area contributed by atoms with Gasteiger partial charge >= 0.3 is 18.1 Å². The average molecular weight is 541 g/mol. The van der Waals surface area contributed by atoms with Crippen molar-refractivity contribution in [3.63, 3.8) is 0 Å². The molecule has 0 radical (unpaired) electrons. The number of rotatable bonds is 5. The lowest BCUT2D eigenvalue weighted by atomic mass is 9.76. The largest absolute Gasteiger partial charge is 0.496 e. The molecule has 2 saturated heterocycles. The summed E-state index contributed by atoms with van der Waals surface area (Å²) >= 11 is 3.36. The van der Waals surface area contributed by atoms with Gasteiger partial charge in [0, 0.05) is 10.9 Å². The van der Waals surface area contributed by atoms with Gasteiger partial charge in [-0.3, -0.25) is 9.59 Å². The number of methoxy groups -OCH3 is 2. The molecule has 0 aliphatic carbocycles. The Morgan fingerprint density at radius 3 is 2.21 bits per heavy atom. The van der Waals surface area contributed by atoms with E-state index in [2.05, 4.69) is 26.6 Å². The van der Waals surface area contributed by atoms with Crippen molar-refractivity contribution in [1.82, 2.24) is 10.6 Å². The molecule has 3 rings (SSSR count). The summed E-state index contributed by atoms with van der Waals surface area (Å²) in [5, 5.41) is 13.2. The number of aliphatic carboxylic acids is 1. The highest BCUT2D eigenvalue weighted by atomic mass is 79.9. The maximum absolute atomic E-state index is 12.7. The summed E-state index contributed by atoms with van der Waals surface area (Å²) in [5.41, 5.74) is -0.0766. The summed E-state index contributed by atoms with van der Waals surface area (Å²) in [5.74, 6) is -2.41. The number of ether oxygens (including phenoxy) is 3. The molecule has 1 amide bonds. The van der Waals surface area contributed by atoms with Crippen LogP contribution in [-0.2, 0) is 14.3 Å². The fourth-order valence-electron chi connectivity index (χ4n) is 3.66. The van der Waals surface area contributed by atoms with Crippen LogP contribution in [0.5, 0.6) is 11.5 Å². The summed E-state index contributed by atoms with van der Waals surface area (Å²) in [6.07, 6.45) is -3.19. The van der Waals surface area contributed by atoms with Crippen molar-refractivity contribution >= 4 is 33.8 Å². The molecule has 9 nitrogen and oxygen atoms in total. The van der Waals surface area contributed by atoms with Crippen LogP contribution in [0.15, 0.2) is 16.6 Å². The average Bonchev–Trinajstić information content (AvgIpc) is 3.05. The van der Waals surface area contributed by atoms with Crippen molar-refractivity contribution < 1.29 is 46.9 Å². The molecule has 184 valence electrons. The molecule has 1 unspecified atom stereocenters. The van der Waals surface area contributed by atoms with Crippen LogP contribution in [-0.4, -0.2) is 69.1 Å². The lowest BCUT2D eigenvalue weighted by Crippen LogP contribution is -2.39. The van der Waals surface area contributed by atoms with E-state index in [9.17, 15) is 22.8 Å². The Labute approximate surface area is 196 Å². The zero-order chi connectivity index (χ0) is 24.8. The number of halogens is 4. The Morgan fingerprint density at radius 2 is 1.76 bits per heavy atom. The van der Waals surface area contributed by atoms with Crippen LogP contribution in [0, 0.1) is 5.41 Å². The van der Waals surface area contributed by atoms with Gasteiger partial charge in [0.05, 0.1) is 26.2 Å². The third-order valence-corrected chi connectivity index (χ3v) is 5.77. The van der Waals surface area contributed by atoms with Gasteiger partial charge in [-0.2, -0.15) is 13.2 Å². The maximum atomic E-state index is 12.7. The standard InChI is InChI=1S/C18H23BrN2O5.C2HF3O2/c1-24-13-7-11(19)8-14(25-2)15(13)16(22)21-10-12-9-18(17(23)26-12)3-5-20-6-4-18;3-2(4,5)1(6)7/h7-8,12,20H,3-6,9-10H2,1-2H3,(H,21,22);(H,6,7). The first kappa shape index (κ1) is 26.7. The number of carbonyl (C=O) groups is 3. The zero-order valence-electron chi connectivity index (χ0n) is 17.9. The van der Waals surface area contributed by atoms with Gasteiger partial charge < -0.3 is 30.0 Å². The highest BCUT2D eigenvalue weighted by molar-refractivity contribution is 9.10. The number of carbonyl (C=O) groups excluding carboxylic acids is 2. The Balaban J connectivity index is 0.000000479. The fourth-order valence-corrected chi connectivity index (χ4v) is 4.08. The summed E-state index contributed by atoms with van der Waals surface area (Å²) in [4.78, 5) is 33.9. The number of carboxylic acids is 1. The van der Waals surface area contributed by atoms with Crippen molar-refractivity contribution in [3.8, 4) is 11.5 Å². The van der Waals surface area contributed by atoms with Gasteiger partial charge in [-0.25, -0.2) is 4.79 Å². The summed E-state index contributed by atoms with van der Waals surface area (Å²) in [6.45, 7) is 1.91. The van der Waals surface area contributed by atoms with Crippen molar-refractivity contribution in [1.29, 1.82) is 0 Å². The Morgan fingerprint density at radius 1 is 1.24 bits per heavy atom. The molecular weight excluding hydrogens is 517 g/mol. The van der Waals surface area contributed by atoms with E-state index in [0.717, 1.165) is 30.4 Å². The second-order valence-corrected chi connectivity index (χ2v) is 8.38. The van der Waals surface area contributed by atoms with Gasteiger partial charge in [0.25, 0.3) is 5.91 Å². The molecule has 1 atom stereocenters. The smallest absolute Gasteiger partial charge is 0.490 e. The van der Waals surface area contributed by atoms with Gasteiger partial charge in [-0.05, 0) is 38.1 Å². The zero-order valence-corrected chi connectivity index (χ0v) is 19.5. The molecule has 0 saturated carbocycles. The third-order valence-electron chi connectivity index (χ3n) is 5.32. The van der Waals surface area contributed by atoms with E-state index in [0.29, 0.717) is 23.5 Å². The second kappa shape index (κ2) is 11.1. The predicted octanol–water partition coefficient (Wildman–Crippen LogP) is 2.51. The number of benzene rings is 1. The van der Waals surface area contributed by atoms with Crippen LogP contribution in [0.1, 0.15) is 29.6 Å². The molecule has 3 N–H and O–H groups in total. The second-order valence-electron chi connectivity index (χ2n) is 7.46. The monoisotopic (exact) mass is 540 g/mol. The van der Waals surface area contributed by atoms with Crippen LogP contribution in [0.4, 0.5) is 13.2 Å². The minimum atomic E-state index is -5.08. The minimum Gasteiger partial charge on any atom is -0.496 e. The highest BCUT2D eigenvalue weighted by Gasteiger charge is 2.49. The molecule has 1 spiro atoms. The van der Waals surface area contributed by atoms with E-state index in [4.69, 9.17) is 24.1 Å². The van der Waals surface area contributed by atoms with E-state index < -0.39 is 17.6 Å². The van der Waals surface area contributed by atoms with Crippen molar-refractivity contribution in [2.24, 2.45) is 5.41 Å². The van der Waals surface area contributed by atoms with E-state index >= 15 is 0 Å². The number of piperidine rings is 1. The lowest BCUT2D eigenvalue weighted by Gasteiger charge is -2.29. The molecule has 33 heavy (non-hydrogen) atoms. The number of hydrogen-bond donors (Lipinski definition) is 3. The number of hydrogen-bond acceptors (Lipinski definition) is 7. The molecular formula is C20H24BrF3N2O7. The van der Waals surface area contributed by atoms with Crippen LogP contribution in [0.25, 0.3) is 0 Å². The van der Waals surface area contributed by atoms with Crippen molar-refractivity contribution in [2.45, 2.75) is 31.5 Å². The van der Waals surface area contributed by atoms with Gasteiger partial charge in [0.2, 0.25) is 0 Å². The molecule has 1 aromatic carbocycles. The normalized spacial score (nSPS) is 19.2. The highest BCUT2D eigenvalue weighted by Crippen LogP contribution is 2.41.